The van der Waals surface area contributed by atoms with Crippen LogP contribution in [-0.2, 0) is 5.88 Å². The van der Waals surface area contributed by atoms with Gasteiger partial charge in [-0.3, -0.25) is 0 Å². The average molecular weight is 212 g/mol. The van der Waals surface area contributed by atoms with E-state index in [1.165, 1.54) is 17.7 Å². The highest BCUT2D eigenvalue weighted by molar-refractivity contribution is 6.17. The van der Waals surface area contributed by atoms with Crippen LogP contribution >= 0.6 is 11.6 Å². The Hall–Kier alpha value is -0.690. The van der Waals surface area contributed by atoms with E-state index in [1.807, 2.05) is 0 Å². The summed E-state index contributed by atoms with van der Waals surface area (Å²) in [7, 11) is 0. The van der Waals surface area contributed by atoms with Crippen molar-refractivity contribution in [2.75, 3.05) is 11.9 Å². The molecular weight excluding hydrogens is 194 g/mol. The van der Waals surface area contributed by atoms with Gasteiger partial charge in [0.05, 0.1) is 0 Å². The molecule has 1 rings (SSSR count). The van der Waals surface area contributed by atoms with Gasteiger partial charge in [-0.2, -0.15) is 0 Å². The van der Waals surface area contributed by atoms with Crippen molar-refractivity contribution in [2.45, 2.75) is 26.1 Å². The summed E-state index contributed by atoms with van der Waals surface area (Å²) < 4.78 is 0. The molecule has 0 saturated carbocycles. The number of nitrogens with one attached hydrogen (secondary N) is 1. The Kier molecular flexibility index (Phi) is 4.81. The SMILES string of the molecule is CC(C)CCNc1ccc(CCl)cc1. The first-order chi connectivity index (χ1) is 6.72. The zero-order chi connectivity index (χ0) is 10.4. The fourth-order valence-corrected chi connectivity index (χ4v) is 1.40. The van der Waals surface area contributed by atoms with Crippen molar-refractivity contribution in [3.63, 3.8) is 0 Å². The second kappa shape index (κ2) is 5.92. The van der Waals surface area contributed by atoms with Gasteiger partial charge in [0.2, 0.25) is 0 Å². The molecule has 0 bridgehead atoms. The van der Waals surface area contributed by atoms with Crippen LogP contribution in [0.4, 0.5) is 5.69 Å². The third-order valence-electron chi connectivity index (χ3n) is 2.16. The van der Waals surface area contributed by atoms with Gasteiger partial charge < -0.3 is 5.32 Å². The molecule has 0 heterocycles. The number of halogens is 1. The van der Waals surface area contributed by atoms with E-state index < -0.39 is 0 Å². The molecule has 0 aromatic heterocycles. The molecule has 0 aliphatic carbocycles. The molecule has 0 atom stereocenters. The Morgan fingerprint density at radius 2 is 1.86 bits per heavy atom. The summed E-state index contributed by atoms with van der Waals surface area (Å²) in [5.41, 5.74) is 2.35. The van der Waals surface area contributed by atoms with E-state index >= 15 is 0 Å². The van der Waals surface area contributed by atoms with E-state index in [0.29, 0.717) is 5.88 Å². The molecule has 0 fully saturated rings. The summed E-state index contributed by atoms with van der Waals surface area (Å²) in [4.78, 5) is 0. The van der Waals surface area contributed by atoms with Gasteiger partial charge in [0.15, 0.2) is 0 Å². The number of alkyl halides is 1. The van der Waals surface area contributed by atoms with Crippen molar-refractivity contribution in [1.29, 1.82) is 0 Å². The molecule has 2 heteroatoms. The second-order valence-corrected chi connectivity index (χ2v) is 4.21. The summed E-state index contributed by atoms with van der Waals surface area (Å²) in [6, 6.07) is 8.28. The standard InChI is InChI=1S/C12H18ClN/c1-10(2)7-8-14-12-5-3-11(9-13)4-6-12/h3-6,10,14H,7-9H2,1-2H3. The van der Waals surface area contributed by atoms with Crippen molar-refractivity contribution >= 4 is 17.3 Å². The van der Waals surface area contributed by atoms with E-state index in [0.717, 1.165) is 12.5 Å². The van der Waals surface area contributed by atoms with Crippen LogP contribution in [0, 0.1) is 5.92 Å². The summed E-state index contributed by atoms with van der Waals surface area (Å²) in [6.07, 6.45) is 1.21. The van der Waals surface area contributed by atoms with E-state index in [1.54, 1.807) is 0 Å². The molecule has 1 nitrogen and oxygen atoms in total. The maximum absolute atomic E-state index is 5.70. The molecule has 0 amide bonds. The normalized spacial score (nSPS) is 10.6. The molecule has 1 aromatic rings. The minimum Gasteiger partial charge on any atom is -0.385 e. The molecule has 0 saturated heterocycles. The predicted molar refractivity (Wildman–Crippen MR) is 63.9 cm³/mol. The zero-order valence-corrected chi connectivity index (χ0v) is 9.64. The van der Waals surface area contributed by atoms with Gasteiger partial charge in [-0.25, -0.2) is 0 Å². The number of rotatable bonds is 5. The minimum atomic E-state index is 0.590. The molecule has 0 radical (unpaired) electrons. The van der Waals surface area contributed by atoms with Crippen LogP contribution in [0.5, 0.6) is 0 Å². The molecule has 0 spiro atoms. The summed E-state index contributed by atoms with van der Waals surface area (Å²) in [5.74, 6) is 1.34. The van der Waals surface area contributed by atoms with Crippen LogP contribution in [0.2, 0.25) is 0 Å². The van der Waals surface area contributed by atoms with Crippen LogP contribution in [0.25, 0.3) is 0 Å². The minimum absolute atomic E-state index is 0.590. The Bertz CT molecular complexity index is 254. The van der Waals surface area contributed by atoms with Gasteiger partial charge in [0.25, 0.3) is 0 Å². The fourth-order valence-electron chi connectivity index (χ4n) is 1.22. The lowest BCUT2D eigenvalue weighted by atomic mass is 10.1. The first-order valence-corrected chi connectivity index (χ1v) is 5.64. The topological polar surface area (TPSA) is 12.0 Å². The molecule has 78 valence electrons. The Labute approximate surface area is 91.5 Å². The highest BCUT2D eigenvalue weighted by Crippen LogP contribution is 2.11. The lowest BCUT2D eigenvalue weighted by molar-refractivity contribution is 0.607. The lowest BCUT2D eigenvalue weighted by Crippen LogP contribution is -2.04. The van der Waals surface area contributed by atoms with E-state index in [-0.39, 0.29) is 0 Å². The molecule has 14 heavy (non-hydrogen) atoms. The first-order valence-electron chi connectivity index (χ1n) is 5.11. The Morgan fingerprint density at radius 3 is 2.36 bits per heavy atom. The molecule has 1 aromatic carbocycles. The predicted octanol–water partition coefficient (Wildman–Crippen LogP) is 3.88. The number of hydrogen-bond donors (Lipinski definition) is 1. The van der Waals surface area contributed by atoms with E-state index in [9.17, 15) is 0 Å². The van der Waals surface area contributed by atoms with Gasteiger partial charge in [0.1, 0.15) is 0 Å². The van der Waals surface area contributed by atoms with Crippen LogP contribution in [0.15, 0.2) is 24.3 Å². The highest BCUT2D eigenvalue weighted by atomic mass is 35.5. The molecule has 0 aliphatic heterocycles. The van der Waals surface area contributed by atoms with Crippen LogP contribution in [0.1, 0.15) is 25.8 Å². The fraction of sp³-hybridized carbons (Fsp3) is 0.500. The van der Waals surface area contributed by atoms with E-state index in [2.05, 4.69) is 43.4 Å². The summed E-state index contributed by atoms with van der Waals surface area (Å²) in [6.45, 7) is 5.51. The van der Waals surface area contributed by atoms with Gasteiger partial charge >= 0.3 is 0 Å². The quantitative estimate of drug-likeness (QED) is 0.729. The van der Waals surface area contributed by atoms with Gasteiger partial charge in [0, 0.05) is 18.1 Å². The summed E-state index contributed by atoms with van der Waals surface area (Å²) in [5, 5.41) is 3.38. The maximum atomic E-state index is 5.70. The molecule has 0 unspecified atom stereocenters. The largest absolute Gasteiger partial charge is 0.385 e. The zero-order valence-electron chi connectivity index (χ0n) is 8.89. The van der Waals surface area contributed by atoms with Crippen molar-refractivity contribution in [2.24, 2.45) is 5.92 Å². The maximum Gasteiger partial charge on any atom is 0.0474 e. The second-order valence-electron chi connectivity index (χ2n) is 3.94. The van der Waals surface area contributed by atoms with E-state index in [4.69, 9.17) is 11.6 Å². The van der Waals surface area contributed by atoms with Crippen LogP contribution < -0.4 is 5.32 Å². The first kappa shape index (κ1) is 11.4. The van der Waals surface area contributed by atoms with Gasteiger partial charge in [-0.1, -0.05) is 26.0 Å². The summed E-state index contributed by atoms with van der Waals surface area (Å²) >= 11 is 5.70. The smallest absolute Gasteiger partial charge is 0.0474 e. The highest BCUT2D eigenvalue weighted by Gasteiger charge is 1.95. The van der Waals surface area contributed by atoms with Crippen molar-refractivity contribution < 1.29 is 0 Å². The van der Waals surface area contributed by atoms with Crippen LogP contribution in [-0.4, -0.2) is 6.54 Å². The monoisotopic (exact) mass is 211 g/mol. The number of benzene rings is 1. The van der Waals surface area contributed by atoms with Crippen LogP contribution in [0.3, 0.4) is 0 Å². The number of anilines is 1. The van der Waals surface area contributed by atoms with Crippen molar-refractivity contribution in [3.05, 3.63) is 29.8 Å². The molecule has 1 N–H and O–H groups in total. The Morgan fingerprint density at radius 1 is 1.21 bits per heavy atom. The van der Waals surface area contributed by atoms with Gasteiger partial charge in [-0.15, -0.1) is 11.6 Å². The van der Waals surface area contributed by atoms with Gasteiger partial charge in [-0.05, 0) is 30.0 Å². The number of hydrogen-bond acceptors (Lipinski definition) is 1. The third-order valence-corrected chi connectivity index (χ3v) is 2.47. The van der Waals surface area contributed by atoms with Crippen molar-refractivity contribution in [1.82, 2.24) is 0 Å². The molecule has 0 aliphatic rings. The third kappa shape index (κ3) is 4.01. The van der Waals surface area contributed by atoms with Crippen molar-refractivity contribution in [3.8, 4) is 0 Å². The average Bonchev–Trinajstić information content (AvgIpc) is 2.18. The molecular formula is C12H18ClN. The Balaban J connectivity index is 2.36. The lowest BCUT2D eigenvalue weighted by Gasteiger charge is -2.08.